The zero-order valence-electron chi connectivity index (χ0n) is 21.6. The first kappa shape index (κ1) is 24.1. The fraction of sp³-hybridized carbons (Fsp3) is 0.200. The van der Waals surface area contributed by atoms with Crippen molar-refractivity contribution in [2.45, 2.75) is 12.8 Å². The van der Waals surface area contributed by atoms with Crippen molar-refractivity contribution in [3.63, 3.8) is 0 Å². The summed E-state index contributed by atoms with van der Waals surface area (Å²) < 4.78 is 12.7. The topological polar surface area (TPSA) is 122 Å². The largest absolute Gasteiger partial charge is 0.492 e. The molecule has 1 fully saturated rings. The number of hydrogen-bond acceptors (Lipinski definition) is 8. The number of benzene rings is 2. The van der Waals surface area contributed by atoms with Crippen LogP contribution in [0.5, 0.6) is 5.88 Å². The van der Waals surface area contributed by atoms with Crippen molar-refractivity contribution in [3.8, 4) is 28.5 Å². The maximum atomic E-state index is 11.5. The van der Waals surface area contributed by atoms with Crippen LogP contribution in [0.25, 0.3) is 39.1 Å². The molecule has 5 heterocycles. The summed E-state index contributed by atoms with van der Waals surface area (Å²) >= 11 is 0. The Morgan fingerprint density at radius 3 is 2.48 bits per heavy atom. The molecule has 0 atom stereocenters. The van der Waals surface area contributed by atoms with E-state index in [9.17, 15) is 9.90 Å². The molecule has 0 bridgehead atoms. The molecule has 200 valence electrons. The van der Waals surface area contributed by atoms with E-state index in [1.807, 2.05) is 36.5 Å². The zero-order chi connectivity index (χ0) is 27.1. The number of morpholine rings is 1. The van der Waals surface area contributed by atoms with Gasteiger partial charge in [-0.3, -0.25) is 14.4 Å². The summed E-state index contributed by atoms with van der Waals surface area (Å²) in [5.74, 6) is -0.0599. The van der Waals surface area contributed by atoms with Gasteiger partial charge in [-0.05, 0) is 25.0 Å². The van der Waals surface area contributed by atoms with E-state index in [0.717, 1.165) is 70.9 Å². The lowest BCUT2D eigenvalue weighted by molar-refractivity contribution is 0.122. The second kappa shape index (κ2) is 9.97. The van der Waals surface area contributed by atoms with E-state index in [1.165, 1.54) is 0 Å². The molecule has 0 amide bonds. The van der Waals surface area contributed by atoms with Crippen LogP contribution in [0.2, 0.25) is 0 Å². The lowest BCUT2D eigenvalue weighted by atomic mass is 10.1. The second-order valence-corrected chi connectivity index (χ2v) is 9.76. The van der Waals surface area contributed by atoms with Gasteiger partial charge in [0.2, 0.25) is 5.88 Å². The van der Waals surface area contributed by atoms with E-state index in [1.54, 1.807) is 12.1 Å². The Morgan fingerprint density at radius 2 is 1.68 bits per heavy atom. The quantitative estimate of drug-likeness (QED) is 0.326. The molecule has 1 saturated heterocycles. The number of H-pyrrole nitrogens is 1. The molecule has 0 saturated carbocycles. The number of anilines is 1. The predicted molar refractivity (Wildman–Crippen MR) is 151 cm³/mol. The van der Waals surface area contributed by atoms with Crippen molar-refractivity contribution in [1.29, 1.82) is 0 Å². The maximum absolute atomic E-state index is 11.5. The Labute approximate surface area is 228 Å². The van der Waals surface area contributed by atoms with E-state index in [4.69, 9.17) is 24.1 Å². The number of aromatic hydroxyl groups is 1. The van der Waals surface area contributed by atoms with Crippen molar-refractivity contribution in [1.82, 2.24) is 24.3 Å². The van der Waals surface area contributed by atoms with Gasteiger partial charge in [0.1, 0.15) is 0 Å². The summed E-state index contributed by atoms with van der Waals surface area (Å²) in [6.07, 6.45) is 5.43. The van der Waals surface area contributed by atoms with Crippen LogP contribution in [0.1, 0.15) is 11.4 Å². The Balaban J connectivity index is 1.24. The number of aromatic nitrogens is 5. The highest BCUT2D eigenvalue weighted by Crippen LogP contribution is 2.31. The SMILES string of the molecule is O=c1[nH]c(O)c(-c2ccc(-c3cnc(N4CCOCC4)c4nc(CCc5ccc6ccccc6n5)cn34)cc2)o1. The Kier molecular flexibility index (Phi) is 6.01. The van der Waals surface area contributed by atoms with Crippen molar-refractivity contribution >= 4 is 22.4 Å². The van der Waals surface area contributed by atoms with E-state index in [0.29, 0.717) is 18.8 Å². The minimum absolute atomic E-state index is 0.106. The molecular weight excluding hydrogens is 508 g/mol. The van der Waals surface area contributed by atoms with Crippen molar-refractivity contribution in [3.05, 3.63) is 95.0 Å². The van der Waals surface area contributed by atoms with Crippen LogP contribution in [-0.4, -0.2) is 55.7 Å². The van der Waals surface area contributed by atoms with E-state index in [2.05, 4.69) is 38.7 Å². The van der Waals surface area contributed by atoms with Gasteiger partial charge in [0, 0.05) is 41.5 Å². The number of fused-ring (bicyclic) bond motifs is 2. The number of nitrogens with zero attached hydrogens (tertiary/aromatic N) is 5. The summed E-state index contributed by atoms with van der Waals surface area (Å²) in [7, 11) is 0. The third-order valence-corrected chi connectivity index (χ3v) is 7.20. The molecular formula is C30H26N6O4. The number of para-hydroxylation sites is 1. The summed E-state index contributed by atoms with van der Waals surface area (Å²) in [6.45, 7) is 2.82. The maximum Gasteiger partial charge on any atom is 0.419 e. The number of nitrogens with one attached hydrogen (secondary N) is 1. The van der Waals surface area contributed by atoms with E-state index in [-0.39, 0.29) is 11.6 Å². The van der Waals surface area contributed by atoms with Crippen LogP contribution in [0.3, 0.4) is 0 Å². The molecule has 6 aromatic rings. The van der Waals surface area contributed by atoms with Crippen molar-refractivity contribution in [2.24, 2.45) is 0 Å². The van der Waals surface area contributed by atoms with Gasteiger partial charge in [0.15, 0.2) is 17.2 Å². The van der Waals surface area contributed by atoms with Crippen molar-refractivity contribution < 1.29 is 14.3 Å². The standard InChI is InChI=1S/C30H26N6O4/c37-29-26(40-30(38)34-29)21-7-5-20(6-8-21)25-17-31-27(35-13-15-39-16-14-35)28-33-23(18-36(25)28)12-11-22-10-9-19-3-1-2-4-24(19)32-22/h1-10,17-18,37H,11-16H2,(H,34,38). The van der Waals surface area contributed by atoms with Gasteiger partial charge >= 0.3 is 5.76 Å². The second-order valence-electron chi connectivity index (χ2n) is 9.76. The normalized spacial score (nSPS) is 13.8. The highest BCUT2D eigenvalue weighted by Gasteiger charge is 2.20. The number of hydrogen-bond donors (Lipinski definition) is 2. The molecule has 2 aromatic carbocycles. The molecule has 0 spiro atoms. The summed E-state index contributed by atoms with van der Waals surface area (Å²) in [6, 6.07) is 19.7. The van der Waals surface area contributed by atoms with Crippen LogP contribution in [0, 0.1) is 0 Å². The highest BCUT2D eigenvalue weighted by molar-refractivity contribution is 5.78. The number of imidazole rings is 1. The van der Waals surface area contributed by atoms with Crippen LogP contribution < -0.4 is 10.7 Å². The number of aryl methyl sites for hydroxylation is 2. The van der Waals surface area contributed by atoms with Gasteiger partial charge in [-0.25, -0.2) is 14.8 Å². The van der Waals surface area contributed by atoms with Gasteiger partial charge in [0.25, 0.3) is 0 Å². The molecule has 4 aromatic heterocycles. The molecule has 10 nitrogen and oxygen atoms in total. The van der Waals surface area contributed by atoms with Gasteiger partial charge in [-0.1, -0.05) is 48.5 Å². The Bertz CT molecular complexity index is 1880. The first-order valence-corrected chi connectivity index (χ1v) is 13.2. The van der Waals surface area contributed by atoms with Gasteiger partial charge in [-0.2, -0.15) is 0 Å². The number of oxazole rings is 1. The van der Waals surface area contributed by atoms with Gasteiger partial charge in [0.05, 0.1) is 36.3 Å². The molecule has 1 aliphatic rings. The molecule has 0 radical (unpaired) electrons. The minimum atomic E-state index is -0.703. The number of rotatable bonds is 6. The number of aromatic amines is 1. The Hall–Kier alpha value is -4.96. The lowest BCUT2D eigenvalue weighted by Gasteiger charge is -2.28. The number of ether oxygens (including phenoxy) is 1. The molecule has 40 heavy (non-hydrogen) atoms. The van der Waals surface area contributed by atoms with Gasteiger partial charge in [-0.15, -0.1) is 0 Å². The molecule has 1 aliphatic heterocycles. The van der Waals surface area contributed by atoms with Gasteiger partial charge < -0.3 is 19.2 Å². The molecule has 0 aliphatic carbocycles. The first-order chi connectivity index (χ1) is 19.6. The summed E-state index contributed by atoms with van der Waals surface area (Å²) in [5, 5.41) is 11.1. The van der Waals surface area contributed by atoms with E-state index < -0.39 is 5.76 Å². The molecule has 0 unspecified atom stereocenters. The van der Waals surface area contributed by atoms with Crippen LogP contribution in [0.15, 0.2) is 82.3 Å². The average Bonchev–Trinajstić information content (AvgIpc) is 3.58. The Morgan fingerprint density at radius 1 is 0.900 bits per heavy atom. The van der Waals surface area contributed by atoms with Crippen LogP contribution >= 0.6 is 0 Å². The third-order valence-electron chi connectivity index (χ3n) is 7.20. The van der Waals surface area contributed by atoms with E-state index >= 15 is 0 Å². The molecule has 7 rings (SSSR count). The monoisotopic (exact) mass is 534 g/mol. The summed E-state index contributed by atoms with van der Waals surface area (Å²) in [5.41, 5.74) is 6.13. The minimum Gasteiger partial charge on any atom is -0.492 e. The zero-order valence-corrected chi connectivity index (χ0v) is 21.6. The third kappa shape index (κ3) is 4.48. The van der Waals surface area contributed by atoms with Crippen LogP contribution in [-0.2, 0) is 17.6 Å². The van der Waals surface area contributed by atoms with Crippen molar-refractivity contribution in [2.75, 3.05) is 31.2 Å². The molecule has 10 heteroatoms. The smallest absolute Gasteiger partial charge is 0.419 e. The molecule has 2 N–H and O–H groups in total. The lowest BCUT2D eigenvalue weighted by Crippen LogP contribution is -2.37. The fourth-order valence-electron chi connectivity index (χ4n) is 5.16. The summed E-state index contributed by atoms with van der Waals surface area (Å²) in [4.78, 5) is 30.6. The average molecular weight is 535 g/mol. The first-order valence-electron chi connectivity index (χ1n) is 13.2. The highest BCUT2D eigenvalue weighted by atomic mass is 16.5. The fourth-order valence-corrected chi connectivity index (χ4v) is 5.16. The van der Waals surface area contributed by atoms with Crippen LogP contribution in [0.4, 0.5) is 5.82 Å². The predicted octanol–water partition coefficient (Wildman–Crippen LogP) is 4.22. The number of pyridine rings is 1.